The minimum absolute atomic E-state index is 0.0212. The number of hydrogen-bond donors (Lipinski definition) is 1. The quantitative estimate of drug-likeness (QED) is 0.912. The SMILES string of the molecule is O=C(C[S@@](=O)c1cccs1)NCc1ccccc1. The molecule has 0 aliphatic carbocycles. The fourth-order valence-corrected chi connectivity index (χ4v) is 3.36. The molecule has 0 bridgehead atoms. The van der Waals surface area contributed by atoms with E-state index in [4.69, 9.17) is 0 Å². The Morgan fingerprint density at radius 3 is 2.61 bits per heavy atom. The van der Waals surface area contributed by atoms with Gasteiger partial charge in [0.1, 0.15) is 5.75 Å². The van der Waals surface area contributed by atoms with Gasteiger partial charge in [-0.2, -0.15) is 0 Å². The van der Waals surface area contributed by atoms with Gasteiger partial charge in [-0.25, -0.2) is 0 Å². The maximum absolute atomic E-state index is 11.8. The fraction of sp³-hybridized carbons (Fsp3) is 0.154. The molecule has 1 heterocycles. The van der Waals surface area contributed by atoms with E-state index in [2.05, 4.69) is 5.32 Å². The van der Waals surface area contributed by atoms with E-state index in [1.807, 2.05) is 41.8 Å². The number of carbonyl (C=O) groups is 1. The summed E-state index contributed by atoms with van der Waals surface area (Å²) in [4.78, 5) is 11.6. The van der Waals surface area contributed by atoms with E-state index >= 15 is 0 Å². The van der Waals surface area contributed by atoms with E-state index in [1.54, 1.807) is 6.07 Å². The number of thiophene rings is 1. The molecule has 0 radical (unpaired) electrons. The summed E-state index contributed by atoms with van der Waals surface area (Å²) in [5.41, 5.74) is 1.03. The topological polar surface area (TPSA) is 46.2 Å². The lowest BCUT2D eigenvalue weighted by atomic mass is 10.2. The van der Waals surface area contributed by atoms with Gasteiger partial charge in [0, 0.05) is 6.54 Å². The van der Waals surface area contributed by atoms with Gasteiger partial charge in [-0.15, -0.1) is 11.3 Å². The third-order valence-electron chi connectivity index (χ3n) is 2.31. The molecule has 94 valence electrons. The van der Waals surface area contributed by atoms with Crippen molar-refractivity contribution in [3.63, 3.8) is 0 Å². The molecule has 3 nitrogen and oxygen atoms in total. The summed E-state index contributed by atoms with van der Waals surface area (Å²) in [6, 6.07) is 13.3. The highest BCUT2D eigenvalue weighted by atomic mass is 32.2. The summed E-state index contributed by atoms with van der Waals surface area (Å²) in [6.45, 7) is 0.474. The summed E-state index contributed by atoms with van der Waals surface area (Å²) in [6.07, 6.45) is 0. The van der Waals surface area contributed by atoms with Gasteiger partial charge >= 0.3 is 0 Å². The van der Waals surface area contributed by atoms with Crippen LogP contribution in [0.2, 0.25) is 0 Å². The number of hydrogen-bond acceptors (Lipinski definition) is 3. The molecule has 0 fully saturated rings. The van der Waals surface area contributed by atoms with Crippen molar-refractivity contribution in [1.29, 1.82) is 0 Å². The van der Waals surface area contributed by atoms with Crippen molar-refractivity contribution in [3.8, 4) is 0 Å². The molecule has 0 aliphatic rings. The van der Waals surface area contributed by atoms with Crippen molar-refractivity contribution in [2.45, 2.75) is 10.8 Å². The first-order chi connectivity index (χ1) is 8.75. The molecule has 2 aromatic rings. The maximum atomic E-state index is 11.8. The lowest BCUT2D eigenvalue weighted by molar-refractivity contribution is -0.118. The van der Waals surface area contributed by atoms with Crippen LogP contribution in [0.4, 0.5) is 0 Å². The van der Waals surface area contributed by atoms with Gasteiger partial charge < -0.3 is 5.32 Å². The highest BCUT2D eigenvalue weighted by Crippen LogP contribution is 2.13. The van der Waals surface area contributed by atoms with Crippen LogP contribution >= 0.6 is 11.3 Å². The monoisotopic (exact) mass is 279 g/mol. The van der Waals surface area contributed by atoms with Gasteiger partial charge in [-0.1, -0.05) is 36.4 Å². The van der Waals surface area contributed by atoms with Crippen molar-refractivity contribution in [2.75, 3.05) is 5.75 Å². The van der Waals surface area contributed by atoms with E-state index in [-0.39, 0.29) is 11.7 Å². The van der Waals surface area contributed by atoms with E-state index in [0.29, 0.717) is 6.54 Å². The molecule has 1 N–H and O–H groups in total. The standard InChI is InChI=1S/C13H13NO2S2/c15-12(10-18(16)13-7-4-8-17-13)14-9-11-5-2-1-3-6-11/h1-8H,9-10H2,(H,14,15)/t18-/m1/s1. The first-order valence-corrected chi connectivity index (χ1v) is 7.68. The van der Waals surface area contributed by atoms with Gasteiger partial charge in [-0.05, 0) is 17.0 Å². The Labute approximate surface area is 112 Å². The normalized spacial score (nSPS) is 12.0. The minimum atomic E-state index is -1.23. The Morgan fingerprint density at radius 2 is 1.94 bits per heavy atom. The second-order valence-corrected chi connectivity index (χ2v) is 6.31. The molecule has 1 aromatic heterocycles. The molecule has 0 saturated carbocycles. The van der Waals surface area contributed by atoms with Crippen LogP contribution in [0, 0.1) is 0 Å². The largest absolute Gasteiger partial charge is 0.351 e. The number of nitrogens with one attached hydrogen (secondary N) is 1. The molecule has 0 unspecified atom stereocenters. The van der Waals surface area contributed by atoms with Crippen LogP contribution in [0.1, 0.15) is 5.56 Å². The lowest BCUT2D eigenvalue weighted by Gasteiger charge is -2.04. The second kappa shape index (κ2) is 6.47. The van der Waals surface area contributed by atoms with Crippen LogP contribution in [-0.4, -0.2) is 15.9 Å². The summed E-state index contributed by atoms with van der Waals surface area (Å²) in [5.74, 6) is -0.168. The molecule has 1 amide bonds. The highest BCUT2D eigenvalue weighted by molar-refractivity contribution is 7.88. The summed E-state index contributed by atoms with van der Waals surface area (Å²) in [7, 11) is -1.23. The molecule has 5 heteroatoms. The minimum Gasteiger partial charge on any atom is -0.351 e. The van der Waals surface area contributed by atoms with Crippen LogP contribution in [0.5, 0.6) is 0 Å². The van der Waals surface area contributed by atoms with Crippen LogP contribution in [0.15, 0.2) is 52.1 Å². The number of amides is 1. The van der Waals surface area contributed by atoms with E-state index in [1.165, 1.54) is 11.3 Å². The molecule has 0 aliphatic heterocycles. The Morgan fingerprint density at radius 1 is 1.17 bits per heavy atom. The van der Waals surface area contributed by atoms with Gasteiger partial charge in [0.2, 0.25) is 5.91 Å². The first kappa shape index (κ1) is 13.0. The predicted molar refractivity (Wildman–Crippen MR) is 73.9 cm³/mol. The van der Waals surface area contributed by atoms with Crippen LogP contribution < -0.4 is 5.32 Å². The third kappa shape index (κ3) is 3.78. The number of carbonyl (C=O) groups excluding carboxylic acids is 1. The third-order valence-corrected chi connectivity index (χ3v) is 4.93. The maximum Gasteiger partial charge on any atom is 0.233 e. The van der Waals surface area contributed by atoms with Crippen LogP contribution in [-0.2, 0) is 22.1 Å². The molecule has 18 heavy (non-hydrogen) atoms. The Balaban J connectivity index is 1.81. The smallest absolute Gasteiger partial charge is 0.233 e. The zero-order chi connectivity index (χ0) is 12.8. The molecule has 1 atom stereocenters. The van der Waals surface area contributed by atoms with Gasteiger partial charge in [-0.3, -0.25) is 9.00 Å². The van der Waals surface area contributed by atoms with Crippen molar-refractivity contribution in [1.82, 2.24) is 5.32 Å². The van der Waals surface area contributed by atoms with Gasteiger partial charge in [0.15, 0.2) is 0 Å². The molecule has 2 rings (SSSR count). The van der Waals surface area contributed by atoms with E-state index in [9.17, 15) is 9.00 Å². The van der Waals surface area contributed by atoms with E-state index < -0.39 is 10.8 Å². The van der Waals surface area contributed by atoms with Crippen molar-refractivity contribution in [2.24, 2.45) is 0 Å². The summed E-state index contributed by atoms with van der Waals surface area (Å²) < 4.78 is 12.5. The van der Waals surface area contributed by atoms with E-state index in [0.717, 1.165) is 9.77 Å². The Kier molecular flexibility index (Phi) is 4.66. The fourth-order valence-electron chi connectivity index (χ4n) is 1.43. The predicted octanol–water partition coefficient (Wildman–Crippen LogP) is 2.17. The Hall–Kier alpha value is -1.46. The Bertz CT molecular complexity index is 523. The first-order valence-electron chi connectivity index (χ1n) is 5.48. The molecule has 0 saturated heterocycles. The second-order valence-electron chi connectivity index (χ2n) is 3.68. The zero-order valence-electron chi connectivity index (χ0n) is 9.67. The summed E-state index contributed by atoms with van der Waals surface area (Å²) in [5, 5.41) is 4.62. The lowest BCUT2D eigenvalue weighted by Crippen LogP contribution is -2.27. The van der Waals surface area contributed by atoms with Gasteiger partial charge in [0.05, 0.1) is 15.0 Å². The van der Waals surface area contributed by atoms with Crippen LogP contribution in [0.25, 0.3) is 0 Å². The number of rotatable bonds is 5. The average molecular weight is 279 g/mol. The number of benzene rings is 1. The summed E-state index contributed by atoms with van der Waals surface area (Å²) >= 11 is 1.41. The van der Waals surface area contributed by atoms with Gasteiger partial charge in [0.25, 0.3) is 0 Å². The molecular formula is C13H13NO2S2. The highest BCUT2D eigenvalue weighted by Gasteiger charge is 2.10. The average Bonchev–Trinajstić information content (AvgIpc) is 2.91. The van der Waals surface area contributed by atoms with Crippen molar-refractivity contribution in [3.05, 3.63) is 53.4 Å². The molecule has 0 spiro atoms. The molecule has 1 aromatic carbocycles. The zero-order valence-corrected chi connectivity index (χ0v) is 11.3. The van der Waals surface area contributed by atoms with Crippen molar-refractivity contribution < 1.29 is 9.00 Å². The van der Waals surface area contributed by atoms with Crippen molar-refractivity contribution >= 4 is 28.0 Å². The van der Waals surface area contributed by atoms with Crippen LogP contribution in [0.3, 0.4) is 0 Å². The molecular weight excluding hydrogens is 266 g/mol.